The molecule has 1 aromatic rings. The van der Waals surface area contributed by atoms with Gasteiger partial charge in [-0.2, -0.15) is 0 Å². The summed E-state index contributed by atoms with van der Waals surface area (Å²) in [6, 6.07) is 2.26. The Kier molecular flexibility index (Phi) is 2.54. The van der Waals surface area contributed by atoms with E-state index in [0.717, 1.165) is 12.1 Å². The van der Waals surface area contributed by atoms with Gasteiger partial charge >= 0.3 is 5.97 Å². The second kappa shape index (κ2) is 3.35. The van der Waals surface area contributed by atoms with Crippen molar-refractivity contribution < 1.29 is 22.7 Å². The van der Waals surface area contributed by atoms with Crippen LogP contribution >= 0.6 is 0 Å². The number of hydrogen-bond acceptors (Lipinski definition) is 3. The zero-order chi connectivity index (χ0) is 10.9. The number of benzene rings is 1. The first-order valence-electron chi connectivity index (χ1n) is 3.38. The van der Waals surface area contributed by atoms with Gasteiger partial charge < -0.3 is 5.11 Å². The van der Waals surface area contributed by atoms with Crippen LogP contribution in [0.5, 0.6) is 0 Å². The van der Waals surface area contributed by atoms with Gasteiger partial charge in [0, 0.05) is 0 Å². The average Bonchev–Trinajstić information content (AvgIpc) is 2.01. The summed E-state index contributed by atoms with van der Waals surface area (Å²) in [7, 11) is -4.22. The van der Waals surface area contributed by atoms with Crippen molar-refractivity contribution in [3.05, 3.63) is 29.6 Å². The minimum absolute atomic E-state index is 0.547. The molecule has 0 aliphatic heterocycles. The van der Waals surface area contributed by atoms with Crippen LogP contribution in [0.4, 0.5) is 4.39 Å². The summed E-state index contributed by atoms with van der Waals surface area (Å²) in [5.41, 5.74) is -0.547. The summed E-state index contributed by atoms with van der Waals surface area (Å²) in [5, 5.41) is 13.3. The fourth-order valence-corrected chi connectivity index (χ4v) is 1.65. The Morgan fingerprint density at radius 1 is 1.43 bits per heavy atom. The number of sulfonamides is 1. The molecule has 3 N–H and O–H groups in total. The van der Waals surface area contributed by atoms with Gasteiger partial charge in [0.15, 0.2) is 0 Å². The molecule has 76 valence electrons. The molecule has 1 aromatic carbocycles. The van der Waals surface area contributed by atoms with Crippen LogP contribution in [0, 0.1) is 5.82 Å². The Balaban J connectivity index is 3.54. The Bertz CT molecular complexity index is 482. The minimum Gasteiger partial charge on any atom is -0.478 e. The Hall–Kier alpha value is -1.47. The van der Waals surface area contributed by atoms with Crippen LogP contribution in [0.1, 0.15) is 10.4 Å². The van der Waals surface area contributed by atoms with Crippen molar-refractivity contribution in [1.82, 2.24) is 0 Å². The van der Waals surface area contributed by atoms with Gasteiger partial charge in [0.1, 0.15) is 5.82 Å². The SMILES string of the molecule is NS(=O)(=O)c1cc(F)ccc1C(=O)O. The lowest BCUT2D eigenvalue weighted by atomic mass is 10.2. The van der Waals surface area contributed by atoms with Gasteiger partial charge in [0.05, 0.1) is 10.5 Å². The summed E-state index contributed by atoms with van der Waals surface area (Å²) in [4.78, 5) is 9.81. The van der Waals surface area contributed by atoms with Crippen LogP contribution < -0.4 is 5.14 Å². The second-order valence-electron chi connectivity index (χ2n) is 2.49. The van der Waals surface area contributed by atoms with Crippen molar-refractivity contribution >= 4 is 16.0 Å². The van der Waals surface area contributed by atoms with Crippen LogP contribution in [-0.4, -0.2) is 19.5 Å². The van der Waals surface area contributed by atoms with Crippen molar-refractivity contribution in [2.24, 2.45) is 5.14 Å². The molecular formula is C7H6FNO4S. The molecule has 0 fully saturated rings. The topological polar surface area (TPSA) is 97.5 Å². The molecule has 0 aromatic heterocycles. The predicted molar refractivity (Wildman–Crippen MR) is 44.7 cm³/mol. The largest absolute Gasteiger partial charge is 0.478 e. The molecule has 0 atom stereocenters. The van der Waals surface area contributed by atoms with E-state index in [9.17, 15) is 17.6 Å². The number of carboxylic acids is 1. The van der Waals surface area contributed by atoms with Gasteiger partial charge in [0.25, 0.3) is 0 Å². The Morgan fingerprint density at radius 2 is 2.00 bits per heavy atom. The van der Waals surface area contributed by atoms with E-state index >= 15 is 0 Å². The van der Waals surface area contributed by atoms with Crippen LogP contribution in [0.3, 0.4) is 0 Å². The summed E-state index contributed by atoms with van der Waals surface area (Å²) < 4.78 is 34.3. The third-order valence-electron chi connectivity index (χ3n) is 1.48. The second-order valence-corrected chi connectivity index (χ2v) is 4.02. The number of aromatic carboxylic acids is 1. The molecule has 0 aliphatic carbocycles. The number of hydrogen-bond donors (Lipinski definition) is 2. The maximum Gasteiger partial charge on any atom is 0.337 e. The summed E-state index contributed by atoms with van der Waals surface area (Å²) in [6.45, 7) is 0. The van der Waals surface area contributed by atoms with E-state index in [1.165, 1.54) is 0 Å². The summed E-state index contributed by atoms with van der Waals surface area (Å²) >= 11 is 0. The van der Waals surface area contributed by atoms with Crippen molar-refractivity contribution in [2.75, 3.05) is 0 Å². The van der Waals surface area contributed by atoms with Crippen molar-refractivity contribution in [3.8, 4) is 0 Å². The Morgan fingerprint density at radius 3 is 2.43 bits per heavy atom. The zero-order valence-electron chi connectivity index (χ0n) is 6.77. The molecule has 5 nitrogen and oxygen atoms in total. The summed E-state index contributed by atoms with van der Waals surface area (Å²) in [5.74, 6) is -2.34. The molecule has 1 rings (SSSR count). The lowest BCUT2D eigenvalue weighted by molar-refractivity contribution is 0.0692. The van der Waals surface area contributed by atoms with Gasteiger partial charge in [-0.1, -0.05) is 0 Å². The number of carboxylic acid groups (broad SMARTS) is 1. The molecule has 0 saturated carbocycles. The fraction of sp³-hybridized carbons (Fsp3) is 0. The van der Waals surface area contributed by atoms with Crippen molar-refractivity contribution in [3.63, 3.8) is 0 Å². The lowest BCUT2D eigenvalue weighted by Crippen LogP contribution is -2.16. The van der Waals surface area contributed by atoms with Crippen LogP contribution in [0.2, 0.25) is 0 Å². The quantitative estimate of drug-likeness (QED) is 0.740. The molecule has 0 amide bonds. The highest BCUT2D eigenvalue weighted by molar-refractivity contribution is 7.89. The zero-order valence-corrected chi connectivity index (χ0v) is 7.58. The highest BCUT2D eigenvalue weighted by Gasteiger charge is 2.19. The van der Waals surface area contributed by atoms with E-state index in [1.54, 1.807) is 0 Å². The molecule has 0 saturated heterocycles. The highest BCUT2D eigenvalue weighted by atomic mass is 32.2. The van der Waals surface area contributed by atoms with E-state index in [2.05, 4.69) is 0 Å². The number of carbonyl (C=O) groups is 1. The first kappa shape index (κ1) is 10.6. The maximum atomic E-state index is 12.6. The smallest absolute Gasteiger partial charge is 0.337 e. The molecule has 7 heteroatoms. The van der Waals surface area contributed by atoms with Crippen LogP contribution in [0.25, 0.3) is 0 Å². The maximum absolute atomic E-state index is 12.6. The molecule has 0 heterocycles. The van der Waals surface area contributed by atoms with Gasteiger partial charge in [-0.05, 0) is 18.2 Å². The van der Waals surface area contributed by atoms with E-state index < -0.39 is 32.3 Å². The highest BCUT2D eigenvalue weighted by Crippen LogP contribution is 2.15. The van der Waals surface area contributed by atoms with E-state index in [0.29, 0.717) is 6.07 Å². The molecular weight excluding hydrogens is 213 g/mol. The fourth-order valence-electron chi connectivity index (χ4n) is 0.908. The first-order chi connectivity index (χ1) is 6.32. The van der Waals surface area contributed by atoms with Gasteiger partial charge in [-0.3, -0.25) is 0 Å². The predicted octanol–water partition coefficient (Wildman–Crippen LogP) is 0.171. The van der Waals surface area contributed by atoms with E-state index in [1.807, 2.05) is 0 Å². The van der Waals surface area contributed by atoms with Crippen molar-refractivity contribution in [1.29, 1.82) is 0 Å². The molecule has 0 aliphatic rings. The van der Waals surface area contributed by atoms with Gasteiger partial charge in [-0.25, -0.2) is 22.7 Å². The third-order valence-corrected chi connectivity index (χ3v) is 2.43. The van der Waals surface area contributed by atoms with Crippen LogP contribution in [-0.2, 0) is 10.0 Å². The standard InChI is InChI=1S/C7H6FNO4S/c8-4-1-2-5(7(10)11)6(3-4)14(9,12)13/h1-3H,(H,10,11)(H2,9,12,13). The number of primary sulfonamides is 1. The molecule has 0 spiro atoms. The molecule has 0 radical (unpaired) electrons. The Labute approximate surface area is 79.0 Å². The first-order valence-corrected chi connectivity index (χ1v) is 4.92. The normalized spacial score (nSPS) is 11.3. The average molecular weight is 219 g/mol. The van der Waals surface area contributed by atoms with Crippen molar-refractivity contribution in [2.45, 2.75) is 4.90 Å². The monoisotopic (exact) mass is 219 g/mol. The van der Waals surface area contributed by atoms with E-state index in [4.69, 9.17) is 10.2 Å². The summed E-state index contributed by atoms with van der Waals surface area (Å²) in [6.07, 6.45) is 0. The molecule has 0 unspecified atom stereocenters. The lowest BCUT2D eigenvalue weighted by Gasteiger charge is -2.02. The third kappa shape index (κ3) is 2.06. The van der Waals surface area contributed by atoms with Gasteiger partial charge in [0.2, 0.25) is 10.0 Å². The van der Waals surface area contributed by atoms with Gasteiger partial charge in [-0.15, -0.1) is 0 Å². The van der Waals surface area contributed by atoms with Crippen LogP contribution in [0.15, 0.2) is 23.1 Å². The van der Waals surface area contributed by atoms with E-state index in [-0.39, 0.29) is 0 Å². The number of rotatable bonds is 2. The molecule has 0 bridgehead atoms. The molecule has 14 heavy (non-hydrogen) atoms. The number of halogens is 1. The number of nitrogens with two attached hydrogens (primary N) is 1. The minimum atomic E-state index is -4.22.